The summed E-state index contributed by atoms with van der Waals surface area (Å²) in [5.41, 5.74) is -3.77. The molecule has 0 radical (unpaired) electrons. The molecule has 5 heteroatoms. The molecule has 1 aromatic rings. The number of rotatable bonds is 3. The smallest absolute Gasteiger partial charge is 0.392 e. The SMILES string of the molecule is CC(O)C1(c2cccc(SC(F)(F)F)c2)CC1. The lowest BCUT2D eigenvalue weighted by molar-refractivity contribution is -0.0328. The van der Waals surface area contributed by atoms with Crippen LogP contribution in [0.5, 0.6) is 0 Å². The Morgan fingerprint density at radius 2 is 2.00 bits per heavy atom. The fourth-order valence-electron chi connectivity index (χ4n) is 2.09. The fraction of sp³-hybridized carbons (Fsp3) is 0.500. The maximum absolute atomic E-state index is 12.3. The minimum atomic E-state index is -4.26. The third-order valence-electron chi connectivity index (χ3n) is 3.23. The zero-order chi connectivity index (χ0) is 12.7. The van der Waals surface area contributed by atoms with Crippen LogP contribution in [0.2, 0.25) is 0 Å². The number of aliphatic hydroxyl groups is 1. The average molecular weight is 262 g/mol. The normalized spacial score (nSPS) is 20.1. The highest BCUT2D eigenvalue weighted by atomic mass is 32.2. The molecular formula is C12H13F3OS. The summed E-state index contributed by atoms with van der Waals surface area (Å²) in [5.74, 6) is 0. The van der Waals surface area contributed by atoms with E-state index in [2.05, 4.69) is 0 Å². The van der Waals surface area contributed by atoms with Crippen molar-refractivity contribution in [2.24, 2.45) is 0 Å². The van der Waals surface area contributed by atoms with Crippen molar-refractivity contribution in [3.63, 3.8) is 0 Å². The highest BCUT2D eigenvalue weighted by Crippen LogP contribution is 2.51. The maximum atomic E-state index is 12.3. The molecule has 1 nitrogen and oxygen atoms in total. The lowest BCUT2D eigenvalue weighted by Crippen LogP contribution is -2.22. The Bertz CT molecular complexity index is 410. The molecule has 1 aliphatic carbocycles. The number of hydrogen-bond acceptors (Lipinski definition) is 2. The molecule has 1 fully saturated rings. The molecule has 0 bridgehead atoms. The molecule has 0 heterocycles. The summed E-state index contributed by atoms with van der Waals surface area (Å²) in [6.07, 6.45) is 1.16. The van der Waals surface area contributed by atoms with Gasteiger partial charge in [-0.1, -0.05) is 12.1 Å². The monoisotopic (exact) mass is 262 g/mol. The van der Waals surface area contributed by atoms with Crippen LogP contribution in [0.1, 0.15) is 25.3 Å². The second-order valence-electron chi connectivity index (χ2n) is 4.41. The number of halogens is 3. The lowest BCUT2D eigenvalue weighted by Gasteiger charge is -2.19. The molecule has 2 rings (SSSR count). The minimum Gasteiger partial charge on any atom is -0.392 e. The topological polar surface area (TPSA) is 20.2 Å². The van der Waals surface area contributed by atoms with Gasteiger partial charge in [0.25, 0.3) is 0 Å². The molecule has 0 amide bonds. The number of aliphatic hydroxyl groups excluding tert-OH is 1. The number of thioether (sulfide) groups is 1. The van der Waals surface area contributed by atoms with E-state index < -0.39 is 11.6 Å². The molecule has 1 atom stereocenters. The van der Waals surface area contributed by atoms with Crippen molar-refractivity contribution in [1.82, 2.24) is 0 Å². The summed E-state index contributed by atoms with van der Waals surface area (Å²) < 4.78 is 36.8. The Labute approximate surface area is 102 Å². The summed E-state index contributed by atoms with van der Waals surface area (Å²) >= 11 is -0.111. The Hall–Kier alpha value is -0.680. The van der Waals surface area contributed by atoms with Crippen molar-refractivity contribution >= 4 is 11.8 Å². The second kappa shape index (κ2) is 4.21. The fourth-order valence-corrected chi connectivity index (χ4v) is 2.68. The van der Waals surface area contributed by atoms with Gasteiger partial charge in [-0.25, -0.2) is 0 Å². The molecule has 1 unspecified atom stereocenters. The van der Waals surface area contributed by atoms with Gasteiger partial charge in [0.1, 0.15) is 0 Å². The van der Waals surface area contributed by atoms with Crippen LogP contribution in [0.4, 0.5) is 13.2 Å². The molecular weight excluding hydrogens is 249 g/mol. The number of hydrogen-bond donors (Lipinski definition) is 1. The molecule has 17 heavy (non-hydrogen) atoms. The van der Waals surface area contributed by atoms with Crippen molar-refractivity contribution in [2.75, 3.05) is 0 Å². The van der Waals surface area contributed by atoms with Crippen LogP contribution < -0.4 is 0 Å². The Kier molecular flexibility index (Phi) is 3.16. The van der Waals surface area contributed by atoms with Gasteiger partial charge in [0, 0.05) is 10.3 Å². The lowest BCUT2D eigenvalue weighted by atomic mass is 9.91. The Balaban J connectivity index is 2.24. The Morgan fingerprint density at radius 3 is 2.47 bits per heavy atom. The highest BCUT2D eigenvalue weighted by molar-refractivity contribution is 8.00. The van der Waals surface area contributed by atoms with Crippen molar-refractivity contribution in [2.45, 2.75) is 41.7 Å². The molecule has 0 spiro atoms. The molecule has 0 aliphatic heterocycles. The zero-order valence-corrected chi connectivity index (χ0v) is 10.1. The zero-order valence-electron chi connectivity index (χ0n) is 9.29. The van der Waals surface area contributed by atoms with Gasteiger partial charge in [-0.15, -0.1) is 0 Å². The van der Waals surface area contributed by atoms with Crippen molar-refractivity contribution < 1.29 is 18.3 Å². The molecule has 0 aromatic heterocycles. The molecule has 1 aliphatic rings. The van der Waals surface area contributed by atoms with E-state index in [4.69, 9.17) is 0 Å². The predicted octanol–water partition coefficient (Wildman–Crippen LogP) is 3.71. The maximum Gasteiger partial charge on any atom is 0.446 e. The molecule has 1 aromatic carbocycles. The van der Waals surface area contributed by atoms with Crippen LogP contribution in [0, 0.1) is 0 Å². The van der Waals surface area contributed by atoms with E-state index in [1.807, 2.05) is 0 Å². The molecule has 1 saturated carbocycles. The van der Waals surface area contributed by atoms with Gasteiger partial charge in [0.15, 0.2) is 0 Å². The van der Waals surface area contributed by atoms with Gasteiger partial charge in [0.2, 0.25) is 0 Å². The van der Waals surface area contributed by atoms with Crippen LogP contribution in [-0.2, 0) is 5.41 Å². The van der Waals surface area contributed by atoms with Crippen molar-refractivity contribution in [1.29, 1.82) is 0 Å². The van der Waals surface area contributed by atoms with E-state index in [1.54, 1.807) is 19.1 Å². The van der Waals surface area contributed by atoms with Gasteiger partial charge >= 0.3 is 5.51 Å². The summed E-state index contributed by atoms with van der Waals surface area (Å²) in [6, 6.07) is 6.39. The average Bonchev–Trinajstić information content (AvgIpc) is 2.95. The first kappa shape index (κ1) is 12.8. The Morgan fingerprint density at radius 1 is 1.35 bits per heavy atom. The van der Waals surface area contributed by atoms with Gasteiger partial charge in [-0.3, -0.25) is 0 Å². The first-order valence-corrected chi connectivity index (χ1v) is 6.19. The van der Waals surface area contributed by atoms with E-state index in [1.165, 1.54) is 12.1 Å². The quantitative estimate of drug-likeness (QED) is 0.838. The van der Waals surface area contributed by atoms with E-state index >= 15 is 0 Å². The van der Waals surface area contributed by atoms with Crippen LogP contribution >= 0.6 is 11.8 Å². The van der Waals surface area contributed by atoms with Crippen molar-refractivity contribution in [3.05, 3.63) is 29.8 Å². The van der Waals surface area contributed by atoms with Gasteiger partial charge in [-0.05, 0) is 49.2 Å². The first-order chi connectivity index (χ1) is 7.83. The molecule has 1 N–H and O–H groups in total. The number of alkyl halides is 3. The van der Waals surface area contributed by atoms with Crippen LogP contribution in [0.15, 0.2) is 29.2 Å². The van der Waals surface area contributed by atoms with Crippen LogP contribution in [0.3, 0.4) is 0 Å². The number of benzene rings is 1. The van der Waals surface area contributed by atoms with E-state index in [0.717, 1.165) is 18.4 Å². The third kappa shape index (κ3) is 2.77. The summed E-state index contributed by atoms with van der Waals surface area (Å²) in [6.45, 7) is 1.69. The minimum absolute atomic E-state index is 0.111. The van der Waals surface area contributed by atoms with E-state index in [0.29, 0.717) is 0 Å². The predicted molar refractivity (Wildman–Crippen MR) is 60.9 cm³/mol. The summed E-state index contributed by atoms with van der Waals surface area (Å²) in [4.78, 5) is 0.182. The largest absolute Gasteiger partial charge is 0.446 e. The van der Waals surface area contributed by atoms with Gasteiger partial charge < -0.3 is 5.11 Å². The van der Waals surface area contributed by atoms with Gasteiger partial charge in [0.05, 0.1) is 6.10 Å². The standard InChI is InChI=1S/C12H13F3OS/c1-8(16)11(5-6-11)9-3-2-4-10(7-9)17-12(13,14)15/h2-4,7-8,16H,5-6H2,1H3. The van der Waals surface area contributed by atoms with E-state index in [-0.39, 0.29) is 22.1 Å². The highest BCUT2D eigenvalue weighted by Gasteiger charge is 2.48. The molecule has 0 saturated heterocycles. The van der Waals surface area contributed by atoms with Crippen LogP contribution in [0.25, 0.3) is 0 Å². The van der Waals surface area contributed by atoms with Gasteiger partial charge in [-0.2, -0.15) is 13.2 Å². The summed E-state index contributed by atoms with van der Waals surface area (Å²) in [7, 11) is 0. The first-order valence-electron chi connectivity index (χ1n) is 5.38. The van der Waals surface area contributed by atoms with Crippen molar-refractivity contribution in [3.8, 4) is 0 Å². The molecule has 94 valence electrons. The summed E-state index contributed by atoms with van der Waals surface area (Å²) in [5, 5.41) is 9.69. The van der Waals surface area contributed by atoms with Crippen LogP contribution in [-0.4, -0.2) is 16.7 Å². The third-order valence-corrected chi connectivity index (χ3v) is 3.95. The second-order valence-corrected chi connectivity index (χ2v) is 5.55. The van der Waals surface area contributed by atoms with E-state index in [9.17, 15) is 18.3 Å².